The molecule has 5 heteroatoms. The van der Waals surface area contributed by atoms with Crippen LogP contribution in [0.4, 0.5) is 0 Å². The quantitative estimate of drug-likeness (QED) is 0.736. The molecule has 1 fully saturated rings. The molecule has 0 amide bonds. The van der Waals surface area contributed by atoms with Crippen LogP contribution in [-0.4, -0.2) is 39.6 Å². The molecule has 2 rings (SSSR count). The highest BCUT2D eigenvalue weighted by molar-refractivity contribution is 9.10. The monoisotopic (exact) mass is 343 g/mol. The summed E-state index contributed by atoms with van der Waals surface area (Å²) in [7, 11) is 1.71. The molecule has 1 aromatic rings. The van der Waals surface area contributed by atoms with Gasteiger partial charge in [-0.3, -0.25) is 0 Å². The predicted octanol–water partition coefficient (Wildman–Crippen LogP) is 2.74. The van der Waals surface area contributed by atoms with Crippen molar-refractivity contribution in [3.05, 3.63) is 28.2 Å². The van der Waals surface area contributed by atoms with Crippen molar-refractivity contribution in [2.45, 2.75) is 25.5 Å². The molecule has 4 nitrogen and oxygen atoms in total. The van der Waals surface area contributed by atoms with Crippen LogP contribution >= 0.6 is 15.9 Å². The molecule has 0 bridgehead atoms. The van der Waals surface area contributed by atoms with E-state index in [4.69, 9.17) is 14.2 Å². The summed E-state index contributed by atoms with van der Waals surface area (Å²) in [4.78, 5) is 0. The van der Waals surface area contributed by atoms with E-state index in [-0.39, 0.29) is 6.10 Å². The number of methoxy groups -OCH3 is 1. The van der Waals surface area contributed by atoms with E-state index in [1.165, 1.54) is 5.56 Å². The van der Waals surface area contributed by atoms with E-state index in [0.29, 0.717) is 13.2 Å². The van der Waals surface area contributed by atoms with Crippen molar-refractivity contribution in [3.63, 3.8) is 0 Å². The Balaban J connectivity index is 1.83. The third-order valence-electron chi connectivity index (χ3n) is 3.28. The summed E-state index contributed by atoms with van der Waals surface area (Å²) in [6, 6.07) is 6.08. The van der Waals surface area contributed by atoms with Crippen LogP contribution < -0.4 is 10.1 Å². The second kappa shape index (κ2) is 8.62. The average molecular weight is 344 g/mol. The predicted molar refractivity (Wildman–Crippen MR) is 82.2 cm³/mol. The standard InChI is InChI=1S/C15H22BrNO3/c1-18-8-6-17-10-12-9-13(4-5-15(12)16)20-11-14-3-2-7-19-14/h4-5,9,14,17H,2-3,6-8,10-11H2,1H3. The van der Waals surface area contributed by atoms with Crippen LogP contribution in [0.15, 0.2) is 22.7 Å². The second-order valence-electron chi connectivity index (χ2n) is 4.87. The van der Waals surface area contributed by atoms with Crippen molar-refractivity contribution in [1.29, 1.82) is 0 Å². The Kier molecular flexibility index (Phi) is 6.79. The third-order valence-corrected chi connectivity index (χ3v) is 4.05. The fourth-order valence-corrected chi connectivity index (χ4v) is 2.53. The smallest absolute Gasteiger partial charge is 0.119 e. The molecule has 0 spiro atoms. The molecular weight excluding hydrogens is 322 g/mol. The summed E-state index contributed by atoms with van der Waals surface area (Å²) in [5, 5.41) is 3.33. The first kappa shape index (κ1) is 15.8. The molecule has 1 heterocycles. The van der Waals surface area contributed by atoms with Gasteiger partial charge >= 0.3 is 0 Å². The summed E-state index contributed by atoms with van der Waals surface area (Å²) in [6.07, 6.45) is 2.49. The summed E-state index contributed by atoms with van der Waals surface area (Å²) in [5.74, 6) is 0.896. The molecule has 0 aromatic heterocycles. The normalized spacial score (nSPS) is 18.4. The zero-order chi connectivity index (χ0) is 14.2. The zero-order valence-electron chi connectivity index (χ0n) is 11.9. The minimum atomic E-state index is 0.252. The first-order valence-corrected chi connectivity index (χ1v) is 7.81. The maximum atomic E-state index is 5.81. The molecule has 0 aliphatic carbocycles. The minimum absolute atomic E-state index is 0.252. The number of hydrogen-bond acceptors (Lipinski definition) is 4. The summed E-state index contributed by atoms with van der Waals surface area (Å²) >= 11 is 3.57. The topological polar surface area (TPSA) is 39.7 Å². The number of hydrogen-bond donors (Lipinski definition) is 1. The number of benzene rings is 1. The molecule has 1 saturated heterocycles. The van der Waals surface area contributed by atoms with E-state index in [0.717, 1.165) is 42.8 Å². The molecule has 1 N–H and O–H groups in total. The van der Waals surface area contributed by atoms with E-state index < -0.39 is 0 Å². The molecule has 1 unspecified atom stereocenters. The average Bonchev–Trinajstić information content (AvgIpc) is 2.97. The van der Waals surface area contributed by atoms with Gasteiger partial charge in [-0.05, 0) is 36.6 Å². The fourth-order valence-electron chi connectivity index (χ4n) is 2.14. The Morgan fingerprint density at radius 3 is 3.10 bits per heavy atom. The van der Waals surface area contributed by atoms with Gasteiger partial charge in [-0.1, -0.05) is 15.9 Å². The number of ether oxygens (including phenoxy) is 3. The first-order chi connectivity index (χ1) is 9.79. The Hall–Kier alpha value is -0.620. The van der Waals surface area contributed by atoms with Crippen LogP contribution in [0, 0.1) is 0 Å². The van der Waals surface area contributed by atoms with Crippen LogP contribution in [0.3, 0.4) is 0 Å². The van der Waals surface area contributed by atoms with Gasteiger partial charge in [0.25, 0.3) is 0 Å². The molecular formula is C15H22BrNO3. The van der Waals surface area contributed by atoms with Crippen molar-refractivity contribution < 1.29 is 14.2 Å². The largest absolute Gasteiger partial charge is 0.491 e. The Bertz CT molecular complexity index is 408. The summed E-state index contributed by atoms with van der Waals surface area (Å²) in [6.45, 7) is 3.85. The molecule has 0 radical (unpaired) electrons. The van der Waals surface area contributed by atoms with Crippen molar-refractivity contribution >= 4 is 15.9 Å². The lowest BCUT2D eigenvalue weighted by Crippen LogP contribution is -2.19. The van der Waals surface area contributed by atoms with Crippen LogP contribution in [0.25, 0.3) is 0 Å². The highest BCUT2D eigenvalue weighted by Gasteiger charge is 2.16. The van der Waals surface area contributed by atoms with Crippen LogP contribution in [-0.2, 0) is 16.0 Å². The van der Waals surface area contributed by atoms with Crippen LogP contribution in [0.2, 0.25) is 0 Å². The fraction of sp³-hybridized carbons (Fsp3) is 0.600. The zero-order valence-corrected chi connectivity index (χ0v) is 13.4. The third kappa shape index (κ3) is 5.05. The van der Waals surface area contributed by atoms with Crippen molar-refractivity contribution in [3.8, 4) is 5.75 Å². The Labute approximate surface area is 128 Å². The van der Waals surface area contributed by atoms with Gasteiger partial charge in [-0.15, -0.1) is 0 Å². The maximum Gasteiger partial charge on any atom is 0.119 e. The van der Waals surface area contributed by atoms with Gasteiger partial charge in [-0.25, -0.2) is 0 Å². The molecule has 1 atom stereocenters. The lowest BCUT2D eigenvalue weighted by Gasteiger charge is -2.13. The minimum Gasteiger partial charge on any atom is -0.491 e. The van der Waals surface area contributed by atoms with Gasteiger partial charge in [0, 0.05) is 31.3 Å². The van der Waals surface area contributed by atoms with E-state index in [1.54, 1.807) is 7.11 Å². The summed E-state index contributed by atoms with van der Waals surface area (Å²) in [5.41, 5.74) is 1.19. The van der Waals surface area contributed by atoms with Gasteiger partial charge in [0.05, 0.1) is 12.7 Å². The van der Waals surface area contributed by atoms with Crippen LogP contribution in [0.1, 0.15) is 18.4 Å². The lowest BCUT2D eigenvalue weighted by atomic mass is 10.2. The van der Waals surface area contributed by atoms with E-state index in [1.807, 2.05) is 12.1 Å². The second-order valence-corrected chi connectivity index (χ2v) is 5.72. The highest BCUT2D eigenvalue weighted by Crippen LogP contribution is 2.23. The molecule has 112 valence electrons. The van der Waals surface area contributed by atoms with Crippen molar-refractivity contribution in [1.82, 2.24) is 5.32 Å². The van der Waals surface area contributed by atoms with Gasteiger partial charge < -0.3 is 19.5 Å². The van der Waals surface area contributed by atoms with E-state index in [9.17, 15) is 0 Å². The van der Waals surface area contributed by atoms with Gasteiger partial charge in [0.2, 0.25) is 0 Å². The SMILES string of the molecule is COCCNCc1cc(OCC2CCCO2)ccc1Br. The number of halogens is 1. The summed E-state index contributed by atoms with van der Waals surface area (Å²) < 4.78 is 17.5. The maximum absolute atomic E-state index is 5.81. The molecule has 1 aromatic carbocycles. The molecule has 20 heavy (non-hydrogen) atoms. The van der Waals surface area contributed by atoms with Gasteiger partial charge in [-0.2, -0.15) is 0 Å². The molecule has 0 saturated carbocycles. The molecule has 1 aliphatic rings. The number of rotatable bonds is 8. The van der Waals surface area contributed by atoms with Crippen molar-refractivity contribution in [2.75, 3.05) is 33.5 Å². The Morgan fingerprint density at radius 1 is 1.45 bits per heavy atom. The van der Waals surface area contributed by atoms with Crippen molar-refractivity contribution in [2.24, 2.45) is 0 Å². The molecule has 1 aliphatic heterocycles. The van der Waals surface area contributed by atoms with E-state index >= 15 is 0 Å². The van der Waals surface area contributed by atoms with Gasteiger partial charge in [0.15, 0.2) is 0 Å². The van der Waals surface area contributed by atoms with E-state index in [2.05, 4.69) is 27.3 Å². The lowest BCUT2D eigenvalue weighted by molar-refractivity contribution is 0.0679. The Morgan fingerprint density at radius 2 is 2.35 bits per heavy atom. The highest BCUT2D eigenvalue weighted by atomic mass is 79.9. The van der Waals surface area contributed by atoms with Gasteiger partial charge in [0.1, 0.15) is 12.4 Å². The number of nitrogens with one attached hydrogen (secondary N) is 1. The van der Waals surface area contributed by atoms with Crippen LogP contribution in [0.5, 0.6) is 5.75 Å². The first-order valence-electron chi connectivity index (χ1n) is 7.02.